The first-order chi connectivity index (χ1) is 16.1. The number of hydrogen-bond acceptors (Lipinski definition) is 6. The molecule has 7 nitrogen and oxygen atoms in total. The van der Waals surface area contributed by atoms with E-state index in [9.17, 15) is 4.79 Å². The summed E-state index contributed by atoms with van der Waals surface area (Å²) in [5.41, 5.74) is 1.33. The molecule has 0 aliphatic heterocycles. The summed E-state index contributed by atoms with van der Waals surface area (Å²) in [6.45, 7) is 1.01. The van der Waals surface area contributed by atoms with Crippen LogP contribution in [0.2, 0.25) is 0 Å². The molecule has 0 atom stereocenters. The van der Waals surface area contributed by atoms with Crippen LogP contribution in [0.5, 0.6) is 23.0 Å². The van der Waals surface area contributed by atoms with Crippen molar-refractivity contribution in [3.05, 3.63) is 77.1 Å². The summed E-state index contributed by atoms with van der Waals surface area (Å²) < 4.78 is 24.9. The Bertz CT molecular complexity index is 1330. The Balaban J connectivity index is 1.73. The average molecular weight is 465 g/mol. The van der Waals surface area contributed by atoms with Crippen LogP contribution >= 0.6 is 11.3 Å². The third kappa shape index (κ3) is 5.08. The van der Waals surface area contributed by atoms with Crippen LogP contribution in [0.25, 0.3) is 10.2 Å². The van der Waals surface area contributed by atoms with Crippen molar-refractivity contribution < 1.29 is 23.7 Å². The number of ether oxygens (including phenoxy) is 4. The fourth-order valence-electron chi connectivity index (χ4n) is 3.35. The predicted molar refractivity (Wildman–Crippen MR) is 128 cm³/mol. The normalized spacial score (nSPS) is 11.5. The molecule has 33 heavy (non-hydrogen) atoms. The summed E-state index contributed by atoms with van der Waals surface area (Å²) >= 11 is 1.41. The van der Waals surface area contributed by atoms with E-state index in [-0.39, 0.29) is 5.91 Å². The lowest BCUT2D eigenvalue weighted by atomic mass is 10.2. The number of benzene rings is 3. The van der Waals surface area contributed by atoms with Crippen LogP contribution in [0.15, 0.2) is 71.7 Å². The van der Waals surface area contributed by atoms with Gasteiger partial charge in [-0.25, -0.2) is 0 Å². The molecule has 4 aromatic rings. The van der Waals surface area contributed by atoms with Gasteiger partial charge >= 0.3 is 0 Å². The summed E-state index contributed by atoms with van der Waals surface area (Å²) in [7, 11) is 4.82. The largest absolute Gasteiger partial charge is 0.493 e. The van der Waals surface area contributed by atoms with Gasteiger partial charge in [-0.05, 0) is 30.3 Å². The zero-order valence-corrected chi connectivity index (χ0v) is 19.4. The lowest BCUT2D eigenvalue weighted by Gasteiger charge is -2.09. The van der Waals surface area contributed by atoms with Crippen molar-refractivity contribution >= 4 is 27.5 Å². The van der Waals surface area contributed by atoms with Gasteiger partial charge in [-0.1, -0.05) is 35.6 Å². The van der Waals surface area contributed by atoms with Crippen molar-refractivity contribution in [2.45, 2.75) is 6.54 Å². The number of carbonyl (C=O) groups is 1. The van der Waals surface area contributed by atoms with E-state index in [1.165, 1.54) is 11.3 Å². The van der Waals surface area contributed by atoms with Gasteiger partial charge in [0.15, 0.2) is 16.3 Å². The molecule has 170 valence electrons. The van der Waals surface area contributed by atoms with Crippen molar-refractivity contribution in [3.63, 3.8) is 0 Å². The Labute approximate surface area is 195 Å². The zero-order chi connectivity index (χ0) is 23.2. The van der Waals surface area contributed by atoms with Gasteiger partial charge in [0.1, 0.15) is 11.5 Å². The molecule has 1 amide bonds. The highest BCUT2D eigenvalue weighted by molar-refractivity contribution is 7.16. The van der Waals surface area contributed by atoms with Crippen LogP contribution in [0, 0.1) is 0 Å². The molecule has 0 saturated carbocycles. The molecule has 0 spiro atoms. The van der Waals surface area contributed by atoms with Gasteiger partial charge in [-0.2, -0.15) is 4.99 Å². The van der Waals surface area contributed by atoms with E-state index in [4.69, 9.17) is 18.9 Å². The summed E-state index contributed by atoms with van der Waals surface area (Å²) in [5, 5.41) is 0. The highest BCUT2D eigenvalue weighted by Crippen LogP contribution is 2.33. The summed E-state index contributed by atoms with van der Waals surface area (Å²) in [4.78, 5) is 18.1. The molecule has 1 aromatic heterocycles. The van der Waals surface area contributed by atoms with Crippen molar-refractivity contribution in [2.75, 3.05) is 27.9 Å². The number of aromatic nitrogens is 1. The molecule has 0 unspecified atom stereocenters. The van der Waals surface area contributed by atoms with Crippen LogP contribution in [0.3, 0.4) is 0 Å². The summed E-state index contributed by atoms with van der Waals surface area (Å²) in [6, 6.07) is 20.2. The lowest BCUT2D eigenvalue weighted by molar-refractivity contribution is 0.0997. The van der Waals surface area contributed by atoms with E-state index < -0.39 is 0 Å². The number of fused-ring (bicyclic) bond motifs is 1. The molecule has 0 radical (unpaired) electrons. The van der Waals surface area contributed by atoms with Gasteiger partial charge in [0.2, 0.25) is 0 Å². The molecular formula is C25H24N2O5S. The number of methoxy groups -OCH3 is 3. The second kappa shape index (κ2) is 10.3. The molecule has 0 aliphatic rings. The summed E-state index contributed by atoms with van der Waals surface area (Å²) in [5.74, 6) is 2.14. The molecule has 0 aliphatic carbocycles. The van der Waals surface area contributed by atoms with Crippen LogP contribution in [0.4, 0.5) is 0 Å². The molecule has 0 bridgehead atoms. The standard InChI is InChI=1S/C25H24N2O5S/c1-29-13-12-27-20-15-21(30-2)22(31-3)16-23(20)33-25(27)26-24(28)17-8-7-11-19(14-17)32-18-9-5-4-6-10-18/h4-11,14-16H,12-13H2,1-3H3. The van der Waals surface area contributed by atoms with Crippen LogP contribution < -0.4 is 19.0 Å². The quantitative estimate of drug-likeness (QED) is 0.371. The van der Waals surface area contributed by atoms with E-state index in [0.717, 1.165) is 10.2 Å². The third-order valence-electron chi connectivity index (χ3n) is 4.96. The average Bonchev–Trinajstić information content (AvgIpc) is 3.18. The number of carbonyl (C=O) groups excluding carboxylic acids is 1. The molecule has 0 fully saturated rings. The number of rotatable bonds is 8. The molecule has 8 heteroatoms. The van der Waals surface area contributed by atoms with Gasteiger partial charge in [0, 0.05) is 31.4 Å². The maximum Gasteiger partial charge on any atom is 0.279 e. The first-order valence-electron chi connectivity index (χ1n) is 10.3. The Morgan fingerprint density at radius 1 is 0.909 bits per heavy atom. The smallest absolute Gasteiger partial charge is 0.279 e. The van der Waals surface area contributed by atoms with Crippen LogP contribution in [0.1, 0.15) is 10.4 Å². The first-order valence-corrected chi connectivity index (χ1v) is 11.1. The molecule has 4 rings (SSSR count). The van der Waals surface area contributed by atoms with E-state index in [2.05, 4.69) is 4.99 Å². The second-order valence-corrected chi connectivity index (χ2v) is 8.07. The number of hydrogen-bond donors (Lipinski definition) is 0. The Morgan fingerprint density at radius 3 is 2.36 bits per heavy atom. The van der Waals surface area contributed by atoms with Crippen molar-refractivity contribution in [1.82, 2.24) is 4.57 Å². The summed E-state index contributed by atoms with van der Waals surface area (Å²) in [6.07, 6.45) is 0. The molecule has 1 heterocycles. The monoisotopic (exact) mass is 464 g/mol. The second-order valence-electron chi connectivity index (χ2n) is 7.06. The van der Waals surface area contributed by atoms with Gasteiger partial charge < -0.3 is 23.5 Å². The first kappa shape index (κ1) is 22.6. The van der Waals surface area contributed by atoms with E-state index in [0.29, 0.717) is 46.5 Å². The minimum atomic E-state index is -0.356. The maximum absolute atomic E-state index is 13.1. The van der Waals surface area contributed by atoms with Gasteiger partial charge in [-0.3, -0.25) is 4.79 Å². The highest BCUT2D eigenvalue weighted by Gasteiger charge is 2.14. The van der Waals surface area contributed by atoms with Gasteiger partial charge in [0.25, 0.3) is 5.91 Å². The number of para-hydroxylation sites is 1. The van der Waals surface area contributed by atoms with E-state index in [1.807, 2.05) is 47.0 Å². The fraction of sp³-hybridized carbons (Fsp3) is 0.200. The SMILES string of the molecule is COCCn1c(=NC(=O)c2cccc(Oc3ccccc3)c2)sc2cc(OC)c(OC)cc21. The van der Waals surface area contributed by atoms with Crippen LogP contribution in [-0.4, -0.2) is 38.4 Å². The van der Waals surface area contributed by atoms with Crippen molar-refractivity contribution in [1.29, 1.82) is 0 Å². The number of thiazole rings is 1. The molecule has 0 N–H and O–H groups in total. The van der Waals surface area contributed by atoms with Gasteiger partial charge in [-0.15, -0.1) is 0 Å². The van der Waals surface area contributed by atoms with E-state index in [1.54, 1.807) is 45.6 Å². The highest BCUT2D eigenvalue weighted by atomic mass is 32.1. The minimum absolute atomic E-state index is 0.356. The number of amides is 1. The van der Waals surface area contributed by atoms with Gasteiger partial charge in [0.05, 0.1) is 31.0 Å². The third-order valence-corrected chi connectivity index (χ3v) is 6.01. The van der Waals surface area contributed by atoms with Crippen LogP contribution in [-0.2, 0) is 11.3 Å². The van der Waals surface area contributed by atoms with Crippen molar-refractivity contribution in [2.24, 2.45) is 4.99 Å². The van der Waals surface area contributed by atoms with E-state index >= 15 is 0 Å². The number of nitrogens with zero attached hydrogens (tertiary/aromatic N) is 2. The molecule has 0 saturated heterocycles. The molecule has 3 aromatic carbocycles. The molecular weight excluding hydrogens is 440 g/mol. The minimum Gasteiger partial charge on any atom is -0.493 e. The Hall–Kier alpha value is -3.62. The fourth-order valence-corrected chi connectivity index (χ4v) is 4.41. The topological polar surface area (TPSA) is 71.3 Å². The predicted octanol–water partition coefficient (Wildman–Crippen LogP) is 4.90. The maximum atomic E-state index is 13.1. The Kier molecular flexibility index (Phi) is 7.07. The van der Waals surface area contributed by atoms with Crippen molar-refractivity contribution in [3.8, 4) is 23.0 Å². The Morgan fingerprint density at radius 2 is 1.64 bits per heavy atom. The lowest BCUT2D eigenvalue weighted by Crippen LogP contribution is -2.19. The zero-order valence-electron chi connectivity index (χ0n) is 18.6.